The third-order valence-corrected chi connectivity index (χ3v) is 0.967. The number of rotatable bonds is 1. The summed E-state index contributed by atoms with van der Waals surface area (Å²) in [6, 6.07) is 0. The molecule has 5 heteroatoms. The van der Waals surface area contributed by atoms with Crippen LogP contribution in [0.1, 0.15) is 25.8 Å². The van der Waals surface area contributed by atoms with Crippen molar-refractivity contribution < 1.29 is 6.22 Å². The maximum absolute atomic E-state index is 10.4. The largest absolute Gasteiger partial charge is 0.364 e. The zero-order valence-electron chi connectivity index (χ0n) is 6.90. The zero-order chi connectivity index (χ0) is 8.85. The Balaban J connectivity index is 0. The Morgan fingerprint density at radius 3 is 2.45 bits per heavy atom. The van der Waals surface area contributed by atoms with Gasteiger partial charge in [0.1, 0.15) is 5.69 Å². The standard InChI is InChI=1S/C4H6N4O.C2H6.H2/c1-8-3(4(5)9)2-6-7-8;1-2;/h2H,1H3,(H2,5,9);1-2H3;1H. The highest BCUT2D eigenvalue weighted by Gasteiger charge is 2.03. The van der Waals surface area contributed by atoms with E-state index in [0.717, 1.165) is 0 Å². The Kier molecular flexibility index (Phi) is 3.87. The summed E-state index contributed by atoms with van der Waals surface area (Å²) in [6.07, 6.45) is 1.32. The van der Waals surface area contributed by atoms with Crippen LogP contribution in [0.2, 0.25) is 0 Å². The van der Waals surface area contributed by atoms with E-state index in [0.29, 0.717) is 5.69 Å². The van der Waals surface area contributed by atoms with Crippen molar-refractivity contribution in [1.29, 1.82) is 0 Å². The fourth-order valence-electron chi connectivity index (χ4n) is 0.513. The van der Waals surface area contributed by atoms with Crippen LogP contribution in [0, 0.1) is 0 Å². The molecule has 64 valence electrons. The van der Waals surface area contributed by atoms with Crippen LogP contribution in [0.3, 0.4) is 0 Å². The number of carbonyl (C=O) groups is 1. The van der Waals surface area contributed by atoms with Gasteiger partial charge < -0.3 is 5.73 Å². The highest BCUT2D eigenvalue weighted by molar-refractivity contribution is 5.90. The summed E-state index contributed by atoms with van der Waals surface area (Å²) in [6.45, 7) is 4.00. The Bertz CT molecular complexity index is 235. The summed E-state index contributed by atoms with van der Waals surface area (Å²) in [4.78, 5) is 10.4. The molecule has 0 spiro atoms. The minimum absolute atomic E-state index is 0. The molecule has 0 atom stereocenters. The van der Waals surface area contributed by atoms with E-state index < -0.39 is 5.91 Å². The van der Waals surface area contributed by atoms with E-state index in [2.05, 4.69) is 10.3 Å². The van der Waals surface area contributed by atoms with Gasteiger partial charge in [-0.2, -0.15) is 0 Å². The van der Waals surface area contributed by atoms with E-state index in [4.69, 9.17) is 5.73 Å². The quantitative estimate of drug-likeness (QED) is 0.633. The summed E-state index contributed by atoms with van der Waals surface area (Å²) in [5, 5.41) is 6.96. The molecule has 1 aromatic heterocycles. The fourth-order valence-corrected chi connectivity index (χ4v) is 0.513. The summed E-state index contributed by atoms with van der Waals surface area (Å²) in [7, 11) is 1.60. The Hall–Kier alpha value is -1.39. The van der Waals surface area contributed by atoms with Gasteiger partial charge in [-0.3, -0.25) is 4.79 Å². The van der Waals surface area contributed by atoms with Gasteiger partial charge in [0.15, 0.2) is 0 Å². The molecule has 1 heterocycles. The van der Waals surface area contributed by atoms with Crippen LogP contribution < -0.4 is 5.73 Å². The van der Waals surface area contributed by atoms with Gasteiger partial charge in [0.25, 0.3) is 5.91 Å². The van der Waals surface area contributed by atoms with Gasteiger partial charge in [0.2, 0.25) is 0 Å². The molecule has 0 aliphatic carbocycles. The molecule has 0 saturated carbocycles. The third-order valence-electron chi connectivity index (χ3n) is 0.967. The first-order chi connectivity index (χ1) is 5.22. The minimum Gasteiger partial charge on any atom is -0.364 e. The van der Waals surface area contributed by atoms with Crippen molar-refractivity contribution in [3.63, 3.8) is 0 Å². The van der Waals surface area contributed by atoms with Crippen LogP contribution >= 0.6 is 0 Å². The number of hydrogen-bond acceptors (Lipinski definition) is 3. The number of nitrogens with zero attached hydrogens (tertiary/aromatic N) is 3. The lowest BCUT2D eigenvalue weighted by Crippen LogP contribution is -2.15. The predicted octanol–water partition coefficient (Wildman–Crippen LogP) is 0.186. The number of hydrogen-bond donors (Lipinski definition) is 1. The van der Waals surface area contributed by atoms with Gasteiger partial charge in [0, 0.05) is 8.47 Å². The Morgan fingerprint density at radius 2 is 2.27 bits per heavy atom. The molecule has 2 N–H and O–H groups in total. The van der Waals surface area contributed by atoms with Gasteiger partial charge in [0.05, 0.1) is 6.20 Å². The normalized spacial score (nSPS) is 8.27. The van der Waals surface area contributed by atoms with Gasteiger partial charge in [-0.15, -0.1) is 5.10 Å². The van der Waals surface area contributed by atoms with Crippen molar-refractivity contribution in [3.8, 4) is 0 Å². The van der Waals surface area contributed by atoms with Crippen molar-refractivity contribution in [1.82, 2.24) is 15.0 Å². The topological polar surface area (TPSA) is 73.8 Å². The number of aryl methyl sites for hydroxylation is 1. The van der Waals surface area contributed by atoms with Gasteiger partial charge in [-0.05, 0) is 0 Å². The maximum atomic E-state index is 10.4. The molecule has 0 aliphatic heterocycles. The van der Waals surface area contributed by atoms with E-state index in [1.165, 1.54) is 10.9 Å². The molecule has 0 fully saturated rings. The van der Waals surface area contributed by atoms with E-state index in [1.807, 2.05) is 13.8 Å². The molecule has 5 nitrogen and oxygen atoms in total. The average molecular weight is 158 g/mol. The van der Waals surface area contributed by atoms with E-state index >= 15 is 0 Å². The Morgan fingerprint density at radius 1 is 1.73 bits per heavy atom. The molecule has 1 aromatic rings. The lowest BCUT2D eigenvalue weighted by molar-refractivity contribution is 0.0991. The molecule has 11 heavy (non-hydrogen) atoms. The number of aromatic nitrogens is 3. The second-order valence-corrected chi connectivity index (χ2v) is 1.61. The first kappa shape index (κ1) is 9.61. The molecule has 0 unspecified atom stereocenters. The SMILES string of the molecule is CC.Cn1nncc1C(N)=O.[HH]. The molecule has 1 amide bonds. The van der Waals surface area contributed by atoms with Crippen molar-refractivity contribution in [3.05, 3.63) is 11.9 Å². The third kappa shape index (κ3) is 2.37. The van der Waals surface area contributed by atoms with E-state index in [9.17, 15) is 4.79 Å². The number of primary amides is 1. The number of carbonyl (C=O) groups excluding carboxylic acids is 1. The van der Waals surface area contributed by atoms with Gasteiger partial charge in [-0.25, -0.2) is 4.68 Å². The van der Waals surface area contributed by atoms with Crippen LogP contribution in [0.15, 0.2) is 6.20 Å². The zero-order valence-corrected chi connectivity index (χ0v) is 6.90. The summed E-state index contributed by atoms with van der Waals surface area (Å²) in [5.74, 6) is -0.512. The monoisotopic (exact) mass is 158 g/mol. The fraction of sp³-hybridized carbons (Fsp3) is 0.500. The molecule has 0 aliphatic rings. The van der Waals surface area contributed by atoms with Crippen LogP contribution in [0.4, 0.5) is 0 Å². The highest BCUT2D eigenvalue weighted by atomic mass is 16.1. The van der Waals surface area contributed by atoms with Crippen molar-refractivity contribution in [2.24, 2.45) is 12.8 Å². The van der Waals surface area contributed by atoms with Gasteiger partial charge >= 0.3 is 0 Å². The van der Waals surface area contributed by atoms with Crippen LogP contribution in [-0.2, 0) is 7.05 Å². The highest BCUT2D eigenvalue weighted by Crippen LogP contribution is 1.88. The van der Waals surface area contributed by atoms with Crippen molar-refractivity contribution >= 4 is 5.91 Å². The van der Waals surface area contributed by atoms with Gasteiger partial charge in [-0.1, -0.05) is 19.1 Å². The predicted molar refractivity (Wildman–Crippen MR) is 43.0 cm³/mol. The molecule has 0 aromatic carbocycles. The van der Waals surface area contributed by atoms with E-state index in [1.54, 1.807) is 7.05 Å². The number of amides is 1. The second kappa shape index (κ2) is 4.43. The number of nitrogens with two attached hydrogens (primary N) is 1. The molecular weight excluding hydrogens is 144 g/mol. The van der Waals surface area contributed by atoms with Crippen LogP contribution in [0.25, 0.3) is 0 Å². The van der Waals surface area contributed by atoms with Crippen LogP contribution in [0.5, 0.6) is 0 Å². The lowest BCUT2D eigenvalue weighted by atomic mass is 10.5. The molecule has 0 bridgehead atoms. The smallest absolute Gasteiger partial charge is 0.268 e. The summed E-state index contributed by atoms with van der Waals surface area (Å²) >= 11 is 0. The molecular formula is C6H14N4O. The molecule has 0 saturated heterocycles. The van der Waals surface area contributed by atoms with E-state index in [-0.39, 0.29) is 1.43 Å². The Labute approximate surface area is 66.7 Å². The summed E-state index contributed by atoms with van der Waals surface area (Å²) in [5.41, 5.74) is 5.23. The first-order valence-electron chi connectivity index (χ1n) is 3.36. The first-order valence-corrected chi connectivity index (χ1v) is 3.36. The van der Waals surface area contributed by atoms with Crippen molar-refractivity contribution in [2.45, 2.75) is 13.8 Å². The lowest BCUT2D eigenvalue weighted by Gasteiger charge is -1.89. The van der Waals surface area contributed by atoms with Crippen molar-refractivity contribution in [2.75, 3.05) is 0 Å². The minimum atomic E-state index is -0.512. The summed E-state index contributed by atoms with van der Waals surface area (Å²) < 4.78 is 1.32. The maximum Gasteiger partial charge on any atom is 0.268 e. The average Bonchev–Trinajstić information content (AvgIpc) is 2.39. The molecule has 0 radical (unpaired) electrons. The molecule has 1 rings (SSSR count). The second-order valence-electron chi connectivity index (χ2n) is 1.61. The van der Waals surface area contributed by atoms with Crippen LogP contribution in [-0.4, -0.2) is 20.9 Å².